The Hall–Kier alpha value is -1.69. The zero-order chi connectivity index (χ0) is 15.2. The second-order valence-corrected chi connectivity index (χ2v) is 6.05. The highest BCUT2D eigenvalue weighted by molar-refractivity contribution is 5.91. The van der Waals surface area contributed by atoms with Crippen LogP contribution in [-0.2, 0) is 9.53 Å². The van der Waals surface area contributed by atoms with Crippen LogP contribution in [0, 0.1) is 5.92 Å². The highest BCUT2D eigenvalue weighted by Gasteiger charge is 2.22. The standard InChI is InChI=1S/C16H24N4O2/c21-16(13-7-11-22-12-8-13)17-14-5-6-15(19-18-14)20-9-3-1-2-4-10-20/h5-6,13H,1-4,7-12H2,(H,17,18,21). The highest BCUT2D eigenvalue weighted by atomic mass is 16.5. The van der Waals surface area contributed by atoms with E-state index in [1.807, 2.05) is 12.1 Å². The molecule has 0 atom stereocenters. The smallest absolute Gasteiger partial charge is 0.228 e. The minimum absolute atomic E-state index is 0.0279. The summed E-state index contributed by atoms with van der Waals surface area (Å²) in [4.78, 5) is 14.4. The summed E-state index contributed by atoms with van der Waals surface area (Å²) in [6, 6.07) is 3.81. The van der Waals surface area contributed by atoms with E-state index in [0.29, 0.717) is 19.0 Å². The van der Waals surface area contributed by atoms with Crippen LogP contribution in [-0.4, -0.2) is 42.4 Å². The zero-order valence-corrected chi connectivity index (χ0v) is 13.0. The SMILES string of the molecule is O=C(Nc1ccc(N2CCCCCC2)nn1)C1CCOCC1. The van der Waals surface area contributed by atoms with E-state index in [4.69, 9.17) is 4.74 Å². The number of hydrogen-bond acceptors (Lipinski definition) is 5. The van der Waals surface area contributed by atoms with E-state index in [0.717, 1.165) is 31.7 Å². The monoisotopic (exact) mass is 304 g/mol. The number of carbonyl (C=O) groups is 1. The first kappa shape index (κ1) is 15.2. The number of ether oxygens (including phenoxy) is 1. The van der Waals surface area contributed by atoms with Crippen LogP contribution < -0.4 is 10.2 Å². The first-order chi connectivity index (χ1) is 10.8. The predicted octanol–water partition coefficient (Wildman–Crippen LogP) is 2.22. The molecule has 1 amide bonds. The van der Waals surface area contributed by atoms with Crippen molar-refractivity contribution in [2.45, 2.75) is 38.5 Å². The van der Waals surface area contributed by atoms with Crippen LogP contribution in [0.1, 0.15) is 38.5 Å². The first-order valence-electron chi connectivity index (χ1n) is 8.30. The lowest BCUT2D eigenvalue weighted by Crippen LogP contribution is -2.29. The third kappa shape index (κ3) is 3.94. The van der Waals surface area contributed by atoms with Crippen LogP contribution in [0.15, 0.2) is 12.1 Å². The largest absolute Gasteiger partial charge is 0.381 e. The molecule has 120 valence electrons. The maximum Gasteiger partial charge on any atom is 0.228 e. The molecule has 2 fully saturated rings. The summed E-state index contributed by atoms with van der Waals surface area (Å²) < 4.78 is 5.28. The molecule has 1 aromatic heterocycles. The number of aromatic nitrogens is 2. The van der Waals surface area contributed by atoms with Crippen molar-refractivity contribution >= 4 is 17.5 Å². The molecule has 22 heavy (non-hydrogen) atoms. The Kier molecular flexibility index (Phi) is 5.21. The fourth-order valence-corrected chi connectivity index (χ4v) is 3.05. The number of hydrogen-bond donors (Lipinski definition) is 1. The molecule has 6 nitrogen and oxygen atoms in total. The maximum atomic E-state index is 12.2. The second-order valence-electron chi connectivity index (χ2n) is 6.05. The zero-order valence-electron chi connectivity index (χ0n) is 13.0. The van der Waals surface area contributed by atoms with Gasteiger partial charge in [-0.05, 0) is 37.8 Å². The number of nitrogens with one attached hydrogen (secondary N) is 1. The summed E-state index contributed by atoms with van der Waals surface area (Å²) in [5.74, 6) is 1.50. The van der Waals surface area contributed by atoms with E-state index in [1.165, 1.54) is 25.7 Å². The van der Waals surface area contributed by atoms with Crippen molar-refractivity contribution in [2.75, 3.05) is 36.5 Å². The molecule has 0 unspecified atom stereocenters. The molecule has 0 aromatic carbocycles. The van der Waals surface area contributed by atoms with Gasteiger partial charge in [0.05, 0.1) is 0 Å². The molecule has 0 aliphatic carbocycles. The summed E-state index contributed by atoms with van der Waals surface area (Å²) in [5.41, 5.74) is 0. The van der Waals surface area contributed by atoms with E-state index in [-0.39, 0.29) is 11.8 Å². The van der Waals surface area contributed by atoms with Gasteiger partial charge in [0.15, 0.2) is 11.6 Å². The van der Waals surface area contributed by atoms with Gasteiger partial charge in [-0.25, -0.2) is 0 Å². The van der Waals surface area contributed by atoms with Gasteiger partial charge in [-0.3, -0.25) is 4.79 Å². The van der Waals surface area contributed by atoms with Gasteiger partial charge in [0.2, 0.25) is 5.91 Å². The molecule has 2 saturated heterocycles. The Balaban J connectivity index is 1.57. The highest BCUT2D eigenvalue weighted by Crippen LogP contribution is 2.19. The molecule has 0 spiro atoms. The van der Waals surface area contributed by atoms with Crippen molar-refractivity contribution in [3.63, 3.8) is 0 Å². The molecule has 3 heterocycles. The van der Waals surface area contributed by atoms with Gasteiger partial charge in [-0.15, -0.1) is 10.2 Å². The molecular weight excluding hydrogens is 280 g/mol. The van der Waals surface area contributed by atoms with E-state index in [1.54, 1.807) is 0 Å². The van der Waals surface area contributed by atoms with Gasteiger partial charge in [-0.2, -0.15) is 0 Å². The van der Waals surface area contributed by atoms with Crippen LogP contribution in [0.25, 0.3) is 0 Å². The molecule has 2 aliphatic rings. The van der Waals surface area contributed by atoms with E-state index in [9.17, 15) is 4.79 Å². The summed E-state index contributed by atoms with van der Waals surface area (Å²) in [6.45, 7) is 3.42. The van der Waals surface area contributed by atoms with E-state index >= 15 is 0 Å². The second kappa shape index (κ2) is 7.54. The summed E-state index contributed by atoms with van der Waals surface area (Å²) in [7, 11) is 0. The molecule has 6 heteroatoms. The predicted molar refractivity (Wildman–Crippen MR) is 84.9 cm³/mol. The van der Waals surface area contributed by atoms with Crippen molar-refractivity contribution < 1.29 is 9.53 Å². The summed E-state index contributed by atoms with van der Waals surface area (Å²) in [5, 5.41) is 11.3. The Labute approximate surface area is 131 Å². The fourth-order valence-electron chi connectivity index (χ4n) is 3.05. The van der Waals surface area contributed by atoms with Gasteiger partial charge in [0.25, 0.3) is 0 Å². The number of rotatable bonds is 3. The lowest BCUT2D eigenvalue weighted by atomic mass is 9.99. The van der Waals surface area contributed by atoms with Crippen molar-refractivity contribution in [3.8, 4) is 0 Å². The van der Waals surface area contributed by atoms with Crippen molar-refractivity contribution in [3.05, 3.63) is 12.1 Å². The topological polar surface area (TPSA) is 67.4 Å². The van der Waals surface area contributed by atoms with Crippen LogP contribution in [0.3, 0.4) is 0 Å². The van der Waals surface area contributed by atoms with Gasteiger partial charge in [0.1, 0.15) is 0 Å². The normalized spacial score (nSPS) is 20.5. The first-order valence-corrected chi connectivity index (χ1v) is 8.30. The fraction of sp³-hybridized carbons (Fsp3) is 0.688. The quantitative estimate of drug-likeness (QED) is 0.927. The van der Waals surface area contributed by atoms with Crippen LogP contribution >= 0.6 is 0 Å². The Bertz CT molecular complexity index is 477. The maximum absolute atomic E-state index is 12.2. The third-order valence-electron chi connectivity index (χ3n) is 4.42. The number of carbonyl (C=O) groups excluding carboxylic acids is 1. The van der Waals surface area contributed by atoms with E-state index in [2.05, 4.69) is 20.4 Å². The lowest BCUT2D eigenvalue weighted by molar-refractivity contribution is -0.122. The molecule has 0 saturated carbocycles. The average molecular weight is 304 g/mol. The van der Waals surface area contributed by atoms with Gasteiger partial charge in [0, 0.05) is 32.2 Å². The molecule has 3 rings (SSSR count). The Morgan fingerprint density at radius 1 is 1.09 bits per heavy atom. The molecule has 0 bridgehead atoms. The van der Waals surface area contributed by atoms with Gasteiger partial charge < -0.3 is 15.0 Å². The van der Waals surface area contributed by atoms with Gasteiger partial charge in [-0.1, -0.05) is 12.8 Å². The van der Waals surface area contributed by atoms with Crippen molar-refractivity contribution in [1.29, 1.82) is 0 Å². The van der Waals surface area contributed by atoms with Crippen molar-refractivity contribution in [2.24, 2.45) is 5.92 Å². The summed E-state index contributed by atoms with van der Waals surface area (Å²) in [6.07, 6.45) is 6.58. The average Bonchev–Trinajstić information content (AvgIpc) is 2.86. The number of nitrogens with zero attached hydrogens (tertiary/aromatic N) is 3. The molecule has 1 N–H and O–H groups in total. The molecule has 1 aromatic rings. The third-order valence-corrected chi connectivity index (χ3v) is 4.42. The van der Waals surface area contributed by atoms with Gasteiger partial charge >= 0.3 is 0 Å². The minimum Gasteiger partial charge on any atom is -0.381 e. The Morgan fingerprint density at radius 2 is 1.82 bits per heavy atom. The van der Waals surface area contributed by atoms with Crippen LogP contribution in [0.2, 0.25) is 0 Å². The molecular formula is C16H24N4O2. The summed E-state index contributed by atoms with van der Waals surface area (Å²) >= 11 is 0. The molecule has 0 radical (unpaired) electrons. The number of amides is 1. The Morgan fingerprint density at radius 3 is 2.45 bits per heavy atom. The van der Waals surface area contributed by atoms with Crippen molar-refractivity contribution in [1.82, 2.24) is 10.2 Å². The minimum atomic E-state index is 0.0279. The lowest BCUT2D eigenvalue weighted by Gasteiger charge is -2.22. The number of anilines is 2. The molecule has 2 aliphatic heterocycles. The van der Waals surface area contributed by atoms with E-state index < -0.39 is 0 Å². The van der Waals surface area contributed by atoms with Crippen LogP contribution in [0.5, 0.6) is 0 Å². The van der Waals surface area contributed by atoms with Crippen LogP contribution in [0.4, 0.5) is 11.6 Å².